The van der Waals surface area contributed by atoms with Gasteiger partial charge in [-0.2, -0.15) is 0 Å². The van der Waals surface area contributed by atoms with E-state index in [9.17, 15) is 14.0 Å². The number of nitrogens with one attached hydrogen (secondary N) is 1. The summed E-state index contributed by atoms with van der Waals surface area (Å²) in [5.74, 6) is -0.799. The van der Waals surface area contributed by atoms with Crippen LogP contribution in [-0.4, -0.2) is 42.2 Å². The molecule has 1 atom stereocenters. The number of anilines is 1. The van der Waals surface area contributed by atoms with E-state index in [-0.39, 0.29) is 41.9 Å². The minimum absolute atomic E-state index is 0.0971. The Labute approximate surface area is 153 Å². The van der Waals surface area contributed by atoms with Crippen molar-refractivity contribution in [2.45, 2.75) is 13.0 Å². The molecule has 2 heterocycles. The molecule has 1 aromatic heterocycles. The zero-order valence-electron chi connectivity index (χ0n) is 14.3. The fraction of sp³-hybridized carbons (Fsp3) is 0.235. The van der Waals surface area contributed by atoms with Crippen LogP contribution in [0.2, 0.25) is 0 Å². The maximum absolute atomic E-state index is 14.6. The summed E-state index contributed by atoms with van der Waals surface area (Å²) in [5.41, 5.74) is 5.90. The van der Waals surface area contributed by atoms with Crippen molar-refractivity contribution in [1.82, 2.24) is 5.32 Å². The molecular weight excluding hydrogens is 359 g/mol. The van der Waals surface area contributed by atoms with E-state index in [0.717, 1.165) is 0 Å². The van der Waals surface area contributed by atoms with Gasteiger partial charge in [-0.05, 0) is 30.3 Å². The lowest BCUT2D eigenvalue weighted by molar-refractivity contribution is -0.119. The minimum Gasteiger partial charge on any atom is -0.453 e. The number of cyclic esters (lactones) is 1. The number of amides is 2. The number of rotatable bonds is 5. The third kappa shape index (κ3) is 3.84. The number of ether oxygens (including phenoxy) is 1. The Balaban J connectivity index is 1.78. The summed E-state index contributed by atoms with van der Waals surface area (Å²) in [7, 11) is 0. The van der Waals surface area contributed by atoms with E-state index < -0.39 is 18.0 Å². The monoisotopic (exact) mass is 376 g/mol. The van der Waals surface area contributed by atoms with Crippen molar-refractivity contribution >= 4 is 23.5 Å². The van der Waals surface area contributed by atoms with Crippen LogP contribution in [0.25, 0.3) is 11.3 Å². The number of halogens is 1. The summed E-state index contributed by atoms with van der Waals surface area (Å²) in [4.78, 5) is 24.2. The highest BCUT2D eigenvalue weighted by Crippen LogP contribution is 2.30. The Morgan fingerprint density at radius 2 is 2.22 bits per heavy atom. The molecule has 0 saturated carbocycles. The average molecular weight is 376 g/mol. The predicted octanol–water partition coefficient (Wildman–Crippen LogP) is 1.64. The standard InChI is InChI=1S/C17H17FN4O5/c1-9(23)20-7-11-8-22(17(24)26-11)10-2-3-12(13(18)6-10)14-4-5-15(27-14)16(19)21-25/h2-6,11,25H,7-8H2,1H3,(H2,19,21)(H,20,23)/t11-/m0/s1. The normalized spacial score (nSPS) is 17.1. The van der Waals surface area contributed by atoms with Crippen LogP contribution in [0.15, 0.2) is 39.9 Å². The molecule has 2 aromatic rings. The zero-order valence-corrected chi connectivity index (χ0v) is 14.3. The molecule has 0 unspecified atom stereocenters. The predicted molar refractivity (Wildman–Crippen MR) is 92.9 cm³/mol. The van der Waals surface area contributed by atoms with Crippen molar-refractivity contribution in [2.75, 3.05) is 18.0 Å². The maximum atomic E-state index is 14.6. The first kappa shape index (κ1) is 18.2. The van der Waals surface area contributed by atoms with Crippen LogP contribution in [-0.2, 0) is 9.53 Å². The summed E-state index contributed by atoms with van der Waals surface area (Å²) in [5, 5.41) is 14.0. The molecule has 1 aliphatic rings. The van der Waals surface area contributed by atoms with E-state index in [4.69, 9.17) is 20.1 Å². The second-order valence-corrected chi connectivity index (χ2v) is 5.87. The lowest BCUT2D eigenvalue weighted by Gasteiger charge is -2.14. The van der Waals surface area contributed by atoms with E-state index in [2.05, 4.69) is 10.5 Å². The maximum Gasteiger partial charge on any atom is 0.414 e. The van der Waals surface area contributed by atoms with Gasteiger partial charge in [0.1, 0.15) is 17.7 Å². The number of nitrogens with two attached hydrogens (primary N) is 1. The number of amidine groups is 1. The molecule has 2 amide bonds. The number of carbonyl (C=O) groups is 2. The number of carbonyl (C=O) groups excluding carboxylic acids is 2. The third-order valence-corrected chi connectivity index (χ3v) is 3.95. The molecule has 1 aromatic carbocycles. The molecule has 27 heavy (non-hydrogen) atoms. The Morgan fingerprint density at radius 1 is 1.44 bits per heavy atom. The largest absolute Gasteiger partial charge is 0.453 e. The lowest BCUT2D eigenvalue weighted by Crippen LogP contribution is -2.33. The molecule has 0 bridgehead atoms. The SMILES string of the molecule is CC(=O)NC[C@H]1CN(c2ccc(-c3ccc(/C(N)=N\O)o3)c(F)c2)C(=O)O1. The van der Waals surface area contributed by atoms with Crippen molar-refractivity contribution in [3.63, 3.8) is 0 Å². The van der Waals surface area contributed by atoms with Crippen molar-refractivity contribution in [3.8, 4) is 11.3 Å². The number of hydrogen-bond donors (Lipinski definition) is 3. The van der Waals surface area contributed by atoms with Crippen molar-refractivity contribution in [2.24, 2.45) is 10.9 Å². The van der Waals surface area contributed by atoms with Gasteiger partial charge in [0.25, 0.3) is 0 Å². The van der Waals surface area contributed by atoms with Gasteiger partial charge >= 0.3 is 6.09 Å². The van der Waals surface area contributed by atoms with Crippen LogP contribution >= 0.6 is 0 Å². The number of hydrogen-bond acceptors (Lipinski definition) is 6. The molecule has 0 spiro atoms. The topological polar surface area (TPSA) is 130 Å². The molecule has 1 saturated heterocycles. The van der Waals surface area contributed by atoms with Gasteiger partial charge in [-0.15, -0.1) is 0 Å². The highest BCUT2D eigenvalue weighted by atomic mass is 19.1. The van der Waals surface area contributed by atoms with E-state index in [1.165, 1.54) is 36.1 Å². The molecular formula is C17H17FN4O5. The summed E-state index contributed by atoms with van der Waals surface area (Å²) in [6.45, 7) is 1.73. The molecule has 0 aliphatic carbocycles. The molecule has 4 N–H and O–H groups in total. The Bertz CT molecular complexity index is 910. The average Bonchev–Trinajstić information content (AvgIpc) is 3.26. The first-order chi connectivity index (χ1) is 12.9. The second kappa shape index (κ2) is 7.36. The van der Waals surface area contributed by atoms with Crippen LogP contribution in [0.4, 0.5) is 14.9 Å². The van der Waals surface area contributed by atoms with Crippen LogP contribution in [0.5, 0.6) is 0 Å². The lowest BCUT2D eigenvalue weighted by atomic mass is 10.1. The van der Waals surface area contributed by atoms with Crippen LogP contribution in [0.3, 0.4) is 0 Å². The van der Waals surface area contributed by atoms with Crippen molar-refractivity contribution < 1.29 is 28.3 Å². The zero-order chi connectivity index (χ0) is 19.6. The summed E-state index contributed by atoms with van der Waals surface area (Å²) in [6.07, 6.45) is -1.14. The van der Waals surface area contributed by atoms with Gasteiger partial charge in [-0.25, -0.2) is 9.18 Å². The van der Waals surface area contributed by atoms with Gasteiger partial charge in [-0.3, -0.25) is 9.69 Å². The van der Waals surface area contributed by atoms with Gasteiger partial charge in [0, 0.05) is 6.92 Å². The van der Waals surface area contributed by atoms with Gasteiger partial charge in [0.15, 0.2) is 5.76 Å². The minimum atomic E-state index is -0.621. The van der Waals surface area contributed by atoms with Crippen LogP contribution < -0.4 is 16.0 Å². The number of oxime groups is 1. The van der Waals surface area contributed by atoms with E-state index in [1.807, 2.05) is 0 Å². The van der Waals surface area contributed by atoms with Gasteiger partial charge in [0.2, 0.25) is 11.7 Å². The summed E-state index contributed by atoms with van der Waals surface area (Å²) in [6, 6.07) is 7.12. The molecule has 3 rings (SSSR count). The van der Waals surface area contributed by atoms with E-state index in [0.29, 0.717) is 5.69 Å². The van der Waals surface area contributed by atoms with E-state index in [1.54, 1.807) is 6.07 Å². The molecule has 142 valence electrons. The third-order valence-electron chi connectivity index (χ3n) is 3.95. The molecule has 1 aliphatic heterocycles. The Morgan fingerprint density at radius 3 is 2.89 bits per heavy atom. The number of furan rings is 1. The smallest absolute Gasteiger partial charge is 0.414 e. The highest BCUT2D eigenvalue weighted by Gasteiger charge is 2.32. The van der Waals surface area contributed by atoms with Gasteiger partial charge in [0.05, 0.1) is 24.3 Å². The first-order valence-electron chi connectivity index (χ1n) is 7.99. The molecule has 1 fully saturated rings. The molecule has 10 heteroatoms. The Hall–Kier alpha value is -3.56. The number of nitrogens with zero attached hydrogens (tertiary/aromatic N) is 2. The molecule has 9 nitrogen and oxygen atoms in total. The quantitative estimate of drug-likeness (QED) is 0.315. The van der Waals surface area contributed by atoms with Crippen LogP contribution in [0.1, 0.15) is 12.7 Å². The fourth-order valence-corrected chi connectivity index (χ4v) is 2.64. The van der Waals surface area contributed by atoms with Crippen molar-refractivity contribution in [1.29, 1.82) is 0 Å². The fourth-order valence-electron chi connectivity index (χ4n) is 2.64. The Kier molecular flexibility index (Phi) is 4.97. The summed E-state index contributed by atoms with van der Waals surface area (Å²) < 4.78 is 25.1. The van der Waals surface area contributed by atoms with Gasteiger partial charge in [-0.1, -0.05) is 5.16 Å². The number of benzene rings is 1. The van der Waals surface area contributed by atoms with Gasteiger partial charge < -0.3 is 25.4 Å². The second-order valence-electron chi connectivity index (χ2n) is 5.87. The summed E-state index contributed by atoms with van der Waals surface area (Å²) >= 11 is 0. The van der Waals surface area contributed by atoms with Crippen LogP contribution in [0, 0.1) is 5.82 Å². The van der Waals surface area contributed by atoms with Crippen molar-refractivity contribution in [3.05, 3.63) is 41.9 Å². The van der Waals surface area contributed by atoms with E-state index >= 15 is 0 Å². The molecule has 0 radical (unpaired) electrons. The highest BCUT2D eigenvalue weighted by molar-refractivity contribution is 5.95. The first-order valence-corrected chi connectivity index (χ1v) is 7.99.